The Morgan fingerprint density at radius 3 is 2.20 bits per heavy atom. The first-order chi connectivity index (χ1) is 4.55. The number of rotatable bonds is 1. The van der Waals surface area contributed by atoms with Crippen molar-refractivity contribution in [2.75, 3.05) is 5.88 Å². The molecule has 0 saturated carbocycles. The number of alkyl halides is 1. The molecule has 2 atom stereocenters. The molecule has 0 amide bonds. The molecule has 60 valence electrons. The minimum atomic E-state index is -0.445. The fourth-order valence-electron chi connectivity index (χ4n) is 1.17. The van der Waals surface area contributed by atoms with Crippen molar-refractivity contribution in [2.45, 2.75) is 38.8 Å². The van der Waals surface area contributed by atoms with E-state index in [1.165, 1.54) is 0 Å². The second-order valence-electron chi connectivity index (χ2n) is 3.03. The molecule has 0 aromatic heterocycles. The van der Waals surface area contributed by atoms with Crippen molar-refractivity contribution in [3.8, 4) is 0 Å². The third-order valence-electron chi connectivity index (χ3n) is 1.58. The van der Waals surface area contributed by atoms with E-state index in [0.717, 1.165) is 0 Å². The van der Waals surface area contributed by atoms with Gasteiger partial charge in [0.05, 0.1) is 12.0 Å². The Balaban J connectivity index is 2.52. The molecule has 3 heteroatoms. The van der Waals surface area contributed by atoms with Crippen molar-refractivity contribution < 1.29 is 9.47 Å². The quantitative estimate of drug-likeness (QED) is 0.550. The van der Waals surface area contributed by atoms with E-state index in [-0.39, 0.29) is 12.2 Å². The van der Waals surface area contributed by atoms with Crippen LogP contribution >= 0.6 is 11.6 Å². The summed E-state index contributed by atoms with van der Waals surface area (Å²) in [7, 11) is 0. The molecule has 1 saturated heterocycles. The maximum Gasteiger partial charge on any atom is 0.163 e. The summed E-state index contributed by atoms with van der Waals surface area (Å²) in [6.45, 7) is 5.77. The van der Waals surface area contributed by atoms with E-state index in [1.807, 2.05) is 20.8 Å². The van der Waals surface area contributed by atoms with Gasteiger partial charge in [-0.2, -0.15) is 0 Å². The first-order valence-corrected chi connectivity index (χ1v) is 4.00. The van der Waals surface area contributed by atoms with Crippen molar-refractivity contribution >= 4 is 11.6 Å². The standard InChI is InChI=1S/C7H13ClO2/c1-5-6(4-8)10-7(2,3)9-5/h5-6H,4H2,1-3H3/t5-,6-/m1/s1. The fourth-order valence-corrected chi connectivity index (χ4v) is 1.48. The van der Waals surface area contributed by atoms with Gasteiger partial charge < -0.3 is 9.47 Å². The van der Waals surface area contributed by atoms with Crippen molar-refractivity contribution in [1.82, 2.24) is 0 Å². The molecule has 0 N–H and O–H groups in total. The third kappa shape index (κ3) is 1.62. The van der Waals surface area contributed by atoms with Crippen LogP contribution in [-0.2, 0) is 9.47 Å². The summed E-state index contributed by atoms with van der Waals surface area (Å²) >= 11 is 5.62. The summed E-state index contributed by atoms with van der Waals surface area (Å²) < 4.78 is 10.9. The molecule has 0 unspecified atom stereocenters. The van der Waals surface area contributed by atoms with Gasteiger partial charge in [-0.15, -0.1) is 11.6 Å². The molecule has 1 aliphatic heterocycles. The number of halogens is 1. The highest BCUT2D eigenvalue weighted by molar-refractivity contribution is 6.18. The molecule has 10 heavy (non-hydrogen) atoms. The van der Waals surface area contributed by atoms with Crippen molar-refractivity contribution in [3.63, 3.8) is 0 Å². The van der Waals surface area contributed by atoms with E-state index in [2.05, 4.69) is 0 Å². The van der Waals surface area contributed by atoms with Gasteiger partial charge in [0.25, 0.3) is 0 Å². The molecule has 0 aromatic carbocycles. The fraction of sp³-hybridized carbons (Fsp3) is 1.00. The lowest BCUT2D eigenvalue weighted by molar-refractivity contribution is -0.143. The zero-order valence-corrected chi connectivity index (χ0v) is 7.31. The van der Waals surface area contributed by atoms with Crippen LogP contribution in [0.25, 0.3) is 0 Å². The summed E-state index contributed by atoms with van der Waals surface area (Å²) in [4.78, 5) is 0. The minimum Gasteiger partial charge on any atom is -0.345 e. The van der Waals surface area contributed by atoms with Gasteiger partial charge in [0, 0.05) is 0 Å². The van der Waals surface area contributed by atoms with Crippen LogP contribution in [0, 0.1) is 0 Å². The highest BCUT2D eigenvalue weighted by atomic mass is 35.5. The summed E-state index contributed by atoms with van der Waals surface area (Å²) in [6, 6.07) is 0. The van der Waals surface area contributed by atoms with Gasteiger partial charge >= 0.3 is 0 Å². The van der Waals surface area contributed by atoms with Crippen LogP contribution in [0.5, 0.6) is 0 Å². The smallest absolute Gasteiger partial charge is 0.163 e. The molecule has 0 spiro atoms. The van der Waals surface area contributed by atoms with Crippen LogP contribution in [0.3, 0.4) is 0 Å². The zero-order valence-electron chi connectivity index (χ0n) is 6.56. The Labute approximate surface area is 66.5 Å². The van der Waals surface area contributed by atoms with Crippen LogP contribution in [0.1, 0.15) is 20.8 Å². The molecule has 1 rings (SSSR count). The first-order valence-electron chi connectivity index (χ1n) is 3.47. The molecule has 1 aliphatic rings. The van der Waals surface area contributed by atoms with Crippen LogP contribution in [0.2, 0.25) is 0 Å². The number of hydrogen-bond acceptors (Lipinski definition) is 2. The predicted molar refractivity (Wildman–Crippen MR) is 40.2 cm³/mol. The number of ether oxygens (including phenoxy) is 2. The summed E-state index contributed by atoms with van der Waals surface area (Å²) in [5.74, 6) is 0.0591. The van der Waals surface area contributed by atoms with Crippen LogP contribution < -0.4 is 0 Å². The van der Waals surface area contributed by atoms with Crippen molar-refractivity contribution in [2.24, 2.45) is 0 Å². The SMILES string of the molecule is C[C@H]1OC(C)(C)O[C@@H]1CCl. The molecule has 0 radical (unpaired) electrons. The highest BCUT2D eigenvalue weighted by Crippen LogP contribution is 2.28. The van der Waals surface area contributed by atoms with E-state index in [9.17, 15) is 0 Å². The van der Waals surface area contributed by atoms with Gasteiger partial charge in [0.2, 0.25) is 0 Å². The normalized spacial score (nSPS) is 38.4. The lowest BCUT2D eigenvalue weighted by Gasteiger charge is -2.15. The van der Waals surface area contributed by atoms with Crippen LogP contribution in [0.15, 0.2) is 0 Å². The van der Waals surface area contributed by atoms with Crippen molar-refractivity contribution in [3.05, 3.63) is 0 Å². The second kappa shape index (κ2) is 2.68. The summed E-state index contributed by atoms with van der Waals surface area (Å²) in [5, 5.41) is 0. The Morgan fingerprint density at radius 2 is 2.00 bits per heavy atom. The molecular formula is C7H13ClO2. The third-order valence-corrected chi connectivity index (χ3v) is 1.88. The predicted octanol–water partition coefficient (Wildman–Crippen LogP) is 1.77. The maximum atomic E-state index is 5.62. The molecule has 2 nitrogen and oxygen atoms in total. The highest BCUT2D eigenvalue weighted by Gasteiger charge is 2.37. The molecule has 0 aromatic rings. The lowest BCUT2D eigenvalue weighted by Crippen LogP contribution is -2.22. The monoisotopic (exact) mass is 164 g/mol. The van der Waals surface area contributed by atoms with E-state index >= 15 is 0 Å². The second-order valence-corrected chi connectivity index (χ2v) is 3.34. The lowest BCUT2D eigenvalue weighted by atomic mass is 10.3. The zero-order chi connectivity index (χ0) is 7.78. The Morgan fingerprint density at radius 1 is 1.40 bits per heavy atom. The molecular weight excluding hydrogens is 152 g/mol. The average Bonchev–Trinajstić information content (AvgIpc) is 2.05. The Kier molecular flexibility index (Phi) is 2.23. The van der Waals surface area contributed by atoms with Crippen molar-refractivity contribution in [1.29, 1.82) is 0 Å². The van der Waals surface area contributed by atoms with E-state index in [0.29, 0.717) is 5.88 Å². The first kappa shape index (κ1) is 8.31. The van der Waals surface area contributed by atoms with Gasteiger partial charge in [0.15, 0.2) is 5.79 Å². The maximum absolute atomic E-state index is 5.62. The van der Waals surface area contributed by atoms with E-state index < -0.39 is 5.79 Å². The average molecular weight is 165 g/mol. The molecule has 1 heterocycles. The van der Waals surface area contributed by atoms with Gasteiger partial charge in [0.1, 0.15) is 6.10 Å². The molecule has 1 fully saturated rings. The number of hydrogen-bond donors (Lipinski definition) is 0. The molecule has 0 bridgehead atoms. The summed E-state index contributed by atoms with van der Waals surface area (Å²) in [6.07, 6.45) is 0.171. The minimum absolute atomic E-state index is 0.0525. The summed E-state index contributed by atoms with van der Waals surface area (Å²) in [5.41, 5.74) is 0. The topological polar surface area (TPSA) is 18.5 Å². The van der Waals surface area contributed by atoms with Gasteiger partial charge in [-0.05, 0) is 20.8 Å². The van der Waals surface area contributed by atoms with Gasteiger partial charge in [-0.1, -0.05) is 0 Å². The van der Waals surface area contributed by atoms with E-state index in [1.54, 1.807) is 0 Å². The van der Waals surface area contributed by atoms with Crippen LogP contribution in [-0.4, -0.2) is 23.9 Å². The Bertz CT molecular complexity index is 125. The van der Waals surface area contributed by atoms with Gasteiger partial charge in [-0.25, -0.2) is 0 Å². The van der Waals surface area contributed by atoms with Gasteiger partial charge in [-0.3, -0.25) is 0 Å². The van der Waals surface area contributed by atoms with Crippen LogP contribution in [0.4, 0.5) is 0 Å². The largest absolute Gasteiger partial charge is 0.345 e. The molecule has 0 aliphatic carbocycles. The van der Waals surface area contributed by atoms with E-state index in [4.69, 9.17) is 21.1 Å². The Hall–Kier alpha value is 0.210.